The van der Waals surface area contributed by atoms with Gasteiger partial charge in [0.15, 0.2) is 0 Å². The highest BCUT2D eigenvalue weighted by atomic mass is 35.5. The molecule has 1 aliphatic rings. The lowest BCUT2D eigenvalue weighted by atomic mass is 9.86. The van der Waals surface area contributed by atoms with Crippen LogP contribution in [0.5, 0.6) is 5.75 Å². The van der Waals surface area contributed by atoms with Gasteiger partial charge in [0.2, 0.25) is 10.0 Å². The van der Waals surface area contributed by atoms with Crippen molar-refractivity contribution in [3.8, 4) is 5.75 Å². The van der Waals surface area contributed by atoms with Gasteiger partial charge < -0.3 is 10.1 Å². The zero-order valence-corrected chi connectivity index (χ0v) is 14.3. The minimum Gasteiger partial charge on any atom is -0.492 e. The second-order valence-electron chi connectivity index (χ2n) is 5.45. The van der Waals surface area contributed by atoms with E-state index in [1.807, 2.05) is 6.92 Å². The van der Waals surface area contributed by atoms with E-state index in [0.717, 1.165) is 19.4 Å². The van der Waals surface area contributed by atoms with Crippen LogP contribution in [0.2, 0.25) is 5.02 Å². The third-order valence-electron chi connectivity index (χ3n) is 3.74. The zero-order chi connectivity index (χ0) is 16.0. The van der Waals surface area contributed by atoms with E-state index in [9.17, 15) is 8.42 Å². The Labute approximate surface area is 137 Å². The molecule has 1 aliphatic carbocycles. The summed E-state index contributed by atoms with van der Waals surface area (Å²) in [6, 6.07) is 4.71. The minimum atomic E-state index is -3.63. The maximum Gasteiger partial charge on any atom is 0.244 e. The number of hydrogen-bond acceptors (Lipinski definition) is 4. The smallest absolute Gasteiger partial charge is 0.244 e. The summed E-state index contributed by atoms with van der Waals surface area (Å²) < 4.78 is 33.1. The molecule has 5 nitrogen and oxygen atoms in total. The van der Waals surface area contributed by atoms with Crippen LogP contribution in [-0.2, 0) is 10.0 Å². The van der Waals surface area contributed by atoms with Crippen LogP contribution in [-0.4, -0.2) is 34.7 Å². The average molecular weight is 347 g/mol. The lowest BCUT2D eigenvalue weighted by Gasteiger charge is -2.25. The summed E-state index contributed by atoms with van der Waals surface area (Å²) in [4.78, 5) is 0.107. The number of hydrogen-bond donors (Lipinski definition) is 2. The molecule has 0 atom stereocenters. The van der Waals surface area contributed by atoms with Gasteiger partial charge in [0.05, 0.1) is 6.61 Å². The Balaban J connectivity index is 2.07. The molecule has 1 aromatic carbocycles. The summed E-state index contributed by atoms with van der Waals surface area (Å²) in [5, 5.41) is 3.45. The van der Waals surface area contributed by atoms with Crippen LogP contribution >= 0.6 is 11.6 Å². The third kappa shape index (κ3) is 4.84. The zero-order valence-electron chi connectivity index (χ0n) is 12.8. The monoisotopic (exact) mass is 346 g/mol. The first kappa shape index (κ1) is 17.5. The summed E-state index contributed by atoms with van der Waals surface area (Å²) >= 11 is 5.95. The van der Waals surface area contributed by atoms with Gasteiger partial charge in [-0.2, -0.15) is 0 Å². The Hall–Kier alpha value is -0.820. The molecule has 1 aromatic rings. The van der Waals surface area contributed by atoms with Crippen molar-refractivity contribution in [3.63, 3.8) is 0 Å². The fraction of sp³-hybridized carbons (Fsp3) is 0.600. The minimum absolute atomic E-state index is 0.107. The Morgan fingerprint density at radius 2 is 2.09 bits per heavy atom. The van der Waals surface area contributed by atoms with E-state index in [1.54, 1.807) is 12.1 Å². The number of ether oxygens (including phenoxy) is 1. The molecule has 2 rings (SSSR count). The predicted octanol–water partition coefficient (Wildman–Crippen LogP) is 2.41. The molecule has 2 N–H and O–H groups in total. The average Bonchev–Trinajstić information content (AvgIpc) is 2.43. The first-order valence-corrected chi connectivity index (χ1v) is 9.52. The Morgan fingerprint density at radius 1 is 1.32 bits per heavy atom. The van der Waals surface area contributed by atoms with Gasteiger partial charge in [-0.3, -0.25) is 0 Å². The molecule has 0 radical (unpaired) electrons. The second-order valence-corrected chi connectivity index (χ2v) is 7.62. The van der Waals surface area contributed by atoms with E-state index in [2.05, 4.69) is 10.0 Å². The van der Waals surface area contributed by atoms with Gasteiger partial charge >= 0.3 is 0 Å². The molecule has 0 bridgehead atoms. The quantitative estimate of drug-likeness (QED) is 0.674. The van der Waals surface area contributed by atoms with Crippen molar-refractivity contribution in [2.24, 2.45) is 5.92 Å². The normalized spacial score (nSPS) is 15.5. The molecule has 0 spiro atoms. The van der Waals surface area contributed by atoms with E-state index >= 15 is 0 Å². The first-order valence-electron chi connectivity index (χ1n) is 7.65. The molecule has 22 heavy (non-hydrogen) atoms. The number of benzene rings is 1. The summed E-state index contributed by atoms with van der Waals surface area (Å²) in [7, 11) is -3.63. The van der Waals surface area contributed by atoms with Crippen molar-refractivity contribution in [2.45, 2.75) is 31.1 Å². The number of sulfonamides is 1. The van der Waals surface area contributed by atoms with Crippen LogP contribution < -0.4 is 14.8 Å². The highest BCUT2D eigenvalue weighted by molar-refractivity contribution is 7.89. The molecular weight excluding hydrogens is 324 g/mol. The molecule has 0 saturated heterocycles. The molecule has 1 saturated carbocycles. The lowest BCUT2D eigenvalue weighted by Crippen LogP contribution is -2.32. The van der Waals surface area contributed by atoms with Crippen LogP contribution in [0.4, 0.5) is 0 Å². The van der Waals surface area contributed by atoms with Gasteiger partial charge in [0.25, 0.3) is 0 Å². The molecule has 0 aromatic heterocycles. The van der Waals surface area contributed by atoms with Gasteiger partial charge in [-0.25, -0.2) is 13.1 Å². The van der Waals surface area contributed by atoms with Gasteiger partial charge in [0.1, 0.15) is 10.6 Å². The van der Waals surface area contributed by atoms with Crippen LogP contribution in [0.1, 0.15) is 26.2 Å². The van der Waals surface area contributed by atoms with Crippen LogP contribution in [0.3, 0.4) is 0 Å². The highest BCUT2D eigenvalue weighted by Crippen LogP contribution is 2.31. The van der Waals surface area contributed by atoms with Gasteiger partial charge in [-0.05, 0) is 43.5 Å². The van der Waals surface area contributed by atoms with Crippen LogP contribution in [0.25, 0.3) is 0 Å². The van der Waals surface area contributed by atoms with Crippen molar-refractivity contribution in [2.75, 3.05) is 26.2 Å². The van der Waals surface area contributed by atoms with Crippen molar-refractivity contribution in [1.82, 2.24) is 10.0 Å². The van der Waals surface area contributed by atoms with E-state index in [4.69, 9.17) is 16.3 Å². The molecule has 0 heterocycles. The molecule has 124 valence electrons. The van der Waals surface area contributed by atoms with E-state index in [1.165, 1.54) is 12.5 Å². The summed E-state index contributed by atoms with van der Waals surface area (Å²) in [5.74, 6) is 0.903. The van der Waals surface area contributed by atoms with E-state index in [0.29, 0.717) is 36.4 Å². The maximum absolute atomic E-state index is 12.4. The van der Waals surface area contributed by atoms with Gasteiger partial charge in [-0.15, -0.1) is 0 Å². The van der Waals surface area contributed by atoms with Crippen LogP contribution in [0, 0.1) is 5.92 Å². The summed E-state index contributed by atoms with van der Waals surface area (Å²) in [6.45, 7) is 4.23. The number of nitrogens with one attached hydrogen (secondary N) is 2. The number of halogens is 1. The van der Waals surface area contributed by atoms with Crippen molar-refractivity contribution < 1.29 is 13.2 Å². The Morgan fingerprint density at radius 3 is 2.73 bits per heavy atom. The first-order chi connectivity index (χ1) is 10.5. The number of rotatable bonds is 9. The maximum atomic E-state index is 12.4. The van der Waals surface area contributed by atoms with Gasteiger partial charge in [0, 0.05) is 18.1 Å². The van der Waals surface area contributed by atoms with Crippen molar-refractivity contribution >= 4 is 21.6 Å². The molecule has 1 fully saturated rings. The van der Waals surface area contributed by atoms with Crippen molar-refractivity contribution in [1.29, 1.82) is 0 Å². The third-order valence-corrected chi connectivity index (χ3v) is 5.46. The Bertz CT molecular complexity index is 588. The standard InChI is InChI=1S/C15H23ClN2O3S/c1-2-17-8-9-18-22(19,20)15-10-13(16)6-7-14(15)21-11-12-4-3-5-12/h6-7,10,12,17-18H,2-5,8-9,11H2,1H3. The van der Waals surface area contributed by atoms with E-state index in [-0.39, 0.29) is 4.90 Å². The topological polar surface area (TPSA) is 67.4 Å². The molecule has 0 unspecified atom stereocenters. The van der Waals surface area contributed by atoms with Crippen LogP contribution in [0.15, 0.2) is 23.1 Å². The second kappa shape index (κ2) is 8.15. The largest absolute Gasteiger partial charge is 0.492 e. The molecular formula is C15H23ClN2O3S. The fourth-order valence-corrected chi connectivity index (χ4v) is 3.64. The van der Waals surface area contributed by atoms with Gasteiger partial charge in [-0.1, -0.05) is 24.9 Å². The molecule has 0 amide bonds. The predicted molar refractivity (Wildman–Crippen MR) is 88.0 cm³/mol. The highest BCUT2D eigenvalue weighted by Gasteiger charge is 2.22. The Kier molecular flexibility index (Phi) is 6.50. The number of likely N-dealkylation sites (N-methyl/N-ethyl adjacent to an activating group) is 1. The fourth-order valence-electron chi connectivity index (χ4n) is 2.21. The molecule has 7 heteroatoms. The van der Waals surface area contributed by atoms with Crippen molar-refractivity contribution in [3.05, 3.63) is 23.2 Å². The summed E-state index contributed by atoms with van der Waals surface area (Å²) in [5.41, 5.74) is 0. The molecule has 0 aliphatic heterocycles. The lowest BCUT2D eigenvalue weighted by molar-refractivity contribution is 0.177. The SMILES string of the molecule is CCNCCNS(=O)(=O)c1cc(Cl)ccc1OCC1CCC1. The van der Waals surface area contributed by atoms with E-state index < -0.39 is 10.0 Å². The summed E-state index contributed by atoms with van der Waals surface area (Å²) in [6.07, 6.45) is 3.53.